The lowest BCUT2D eigenvalue weighted by Gasteiger charge is -2.19. The van der Waals surface area contributed by atoms with E-state index in [1.807, 2.05) is 6.92 Å². The Kier molecular flexibility index (Phi) is 1.89. The van der Waals surface area contributed by atoms with Gasteiger partial charge in [0.25, 0.3) is 0 Å². The Balaban J connectivity index is 2.68. The largest absolute Gasteiger partial charge is 0.0998 e. The Labute approximate surface area is 65.0 Å². The SMILES string of the molecule is [2H][C@@H]1C=C(C)CC[C@H]1C(=C)C. The minimum Gasteiger partial charge on any atom is -0.0998 e. The van der Waals surface area contributed by atoms with Crippen molar-refractivity contribution in [2.45, 2.75) is 33.1 Å². The van der Waals surface area contributed by atoms with Crippen LogP contribution in [0.15, 0.2) is 23.8 Å². The zero-order chi connectivity index (χ0) is 8.43. The van der Waals surface area contributed by atoms with Gasteiger partial charge in [-0.3, -0.25) is 0 Å². The van der Waals surface area contributed by atoms with Crippen LogP contribution in [0.3, 0.4) is 0 Å². The molecule has 1 rings (SSSR count). The molecule has 0 nitrogen and oxygen atoms in total. The molecule has 0 aliphatic heterocycles. The summed E-state index contributed by atoms with van der Waals surface area (Å²) in [5.41, 5.74) is 2.52. The molecule has 0 aromatic rings. The van der Waals surface area contributed by atoms with E-state index in [4.69, 9.17) is 1.37 Å². The molecular formula is C10H16. The Hall–Kier alpha value is -0.520. The van der Waals surface area contributed by atoms with Crippen molar-refractivity contribution in [3.63, 3.8) is 0 Å². The highest BCUT2D eigenvalue weighted by Crippen LogP contribution is 2.27. The molecule has 0 amide bonds. The Morgan fingerprint density at radius 2 is 2.60 bits per heavy atom. The quantitative estimate of drug-likeness (QED) is 0.486. The molecule has 0 N–H and O–H groups in total. The monoisotopic (exact) mass is 137 g/mol. The number of hydrogen-bond donors (Lipinski definition) is 0. The highest BCUT2D eigenvalue weighted by Gasteiger charge is 2.11. The van der Waals surface area contributed by atoms with Crippen LogP contribution >= 0.6 is 0 Å². The van der Waals surface area contributed by atoms with Crippen molar-refractivity contribution in [1.29, 1.82) is 0 Å². The topological polar surface area (TPSA) is 0 Å². The first-order chi connectivity index (χ1) is 5.11. The summed E-state index contributed by atoms with van der Waals surface area (Å²) < 4.78 is 7.75. The number of allylic oxidation sites excluding steroid dienone is 3. The molecule has 0 unspecified atom stereocenters. The fourth-order valence-electron chi connectivity index (χ4n) is 1.25. The van der Waals surface area contributed by atoms with E-state index in [2.05, 4.69) is 19.6 Å². The van der Waals surface area contributed by atoms with Crippen LogP contribution in [0.4, 0.5) is 0 Å². The maximum atomic E-state index is 7.75. The molecule has 1 aliphatic rings. The molecule has 0 saturated carbocycles. The van der Waals surface area contributed by atoms with Gasteiger partial charge in [-0.05, 0) is 39.0 Å². The molecule has 0 saturated heterocycles. The summed E-state index contributed by atoms with van der Waals surface area (Å²) in [6.07, 6.45) is 4.28. The van der Waals surface area contributed by atoms with Crippen molar-refractivity contribution in [3.05, 3.63) is 23.8 Å². The first-order valence-corrected chi connectivity index (χ1v) is 3.86. The molecule has 0 aromatic carbocycles. The van der Waals surface area contributed by atoms with Crippen LogP contribution in [0.5, 0.6) is 0 Å². The average molecular weight is 137 g/mol. The minimum atomic E-state index is -0.0405. The lowest BCUT2D eigenvalue weighted by atomic mass is 9.86. The van der Waals surface area contributed by atoms with E-state index in [-0.39, 0.29) is 6.40 Å². The summed E-state index contributed by atoms with van der Waals surface area (Å²) in [6.45, 7) is 8.04. The van der Waals surface area contributed by atoms with Crippen molar-refractivity contribution in [1.82, 2.24) is 0 Å². The summed E-state index contributed by atoms with van der Waals surface area (Å²) in [4.78, 5) is 0. The molecule has 10 heavy (non-hydrogen) atoms. The van der Waals surface area contributed by atoms with Crippen LogP contribution in [0.2, 0.25) is 0 Å². The molecular weight excluding hydrogens is 120 g/mol. The van der Waals surface area contributed by atoms with E-state index in [1.54, 1.807) is 0 Å². The summed E-state index contributed by atoms with van der Waals surface area (Å²) in [6, 6.07) is 0. The Morgan fingerprint density at radius 1 is 1.90 bits per heavy atom. The third kappa shape index (κ3) is 1.73. The second-order valence-corrected chi connectivity index (χ2v) is 3.20. The average Bonchev–Trinajstić information content (AvgIpc) is 1.85. The molecule has 0 aromatic heterocycles. The van der Waals surface area contributed by atoms with E-state index < -0.39 is 0 Å². The van der Waals surface area contributed by atoms with Gasteiger partial charge in [-0.15, -0.1) is 0 Å². The van der Waals surface area contributed by atoms with Gasteiger partial charge in [0.2, 0.25) is 0 Å². The maximum absolute atomic E-state index is 7.75. The zero-order valence-electron chi connectivity index (χ0n) is 7.85. The molecule has 0 heteroatoms. The van der Waals surface area contributed by atoms with E-state index in [0.29, 0.717) is 5.92 Å². The van der Waals surface area contributed by atoms with E-state index in [0.717, 1.165) is 18.4 Å². The second kappa shape index (κ2) is 3.05. The first kappa shape index (κ1) is 6.21. The van der Waals surface area contributed by atoms with Crippen molar-refractivity contribution in [3.8, 4) is 0 Å². The van der Waals surface area contributed by atoms with Gasteiger partial charge in [0.15, 0.2) is 0 Å². The van der Waals surface area contributed by atoms with E-state index >= 15 is 0 Å². The van der Waals surface area contributed by atoms with Crippen molar-refractivity contribution < 1.29 is 1.37 Å². The molecule has 0 heterocycles. The molecule has 0 fully saturated rings. The number of hydrogen-bond acceptors (Lipinski definition) is 0. The maximum Gasteiger partial charge on any atom is 0.0316 e. The van der Waals surface area contributed by atoms with E-state index in [1.165, 1.54) is 5.57 Å². The third-order valence-electron chi connectivity index (χ3n) is 2.10. The fraction of sp³-hybridized carbons (Fsp3) is 0.600. The first-order valence-electron chi connectivity index (χ1n) is 4.44. The molecule has 0 bridgehead atoms. The van der Waals surface area contributed by atoms with Gasteiger partial charge in [0.05, 0.1) is 0 Å². The Bertz CT molecular complexity index is 191. The summed E-state index contributed by atoms with van der Waals surface area (Å²) in [5, 5.41) is 0. The van der Waals surface area contributed by atoms with Crippen LogP contribution in [0, 0.1) is 5.92 Å². The molecule has 0 radical (unpaired) electrons. The predicted octanol–water partition coefficient (Wildman–Crippen LogP) is 3.31. The third-order valence-corrected chi connectivity index (χ3v) is 2.10. The standard InChI is InChI=1S/C10H16/c1-8(2)10-6-4-9(3)5-7-10/h4,10H,1,5-7H2,2-3H3/t10-/m0/s1/i6D/t6-,10+/m1. The molecule has 1 aliphatic carbocycles. The highest BCUT2D eigenvalue weighted by molar-refractivity contribution is 5.09. The van der Waals surface area contributed by atoms with E-state index in [9.17, 15) is 0 Å². The zero-order valence-corrected chi connectivity index (χ0v) is 6.85. The van der Waals surface area contributed by atoms with Gasteiger partial charge in [-0.1, -0.05) is 23.8 Å². The van der Waals surface area contributed by atoms with Crippen LogP contribution < -0.4 is 0 Å². The van der Waals surface area contributed by atoms with Crippen molar-refractivity contribution >= 4 is 0 Å². The van der Waals surface area contributed by atoms with Gasteiger partial charge in [0.1, 0.15) is 0 Å². The second-order valence-electron chi connectivity index (χ2n) is 3.20. The summed E-state index contributed by atoms with van der Waals surface area (Å²) in [5.74, 6) is 0.402. The van der Waals surface area contributed by atoms with Gasteiger partial charge in [-0.2, -0.15) is 0 Å². The lowest BCUT2D eigenvalue weighted by Crippen LogP contribution is -2.04. The van der Waals surface area contributed by atoms with Gasteiger partial charge in [-0.25, -0.2) is 0 Å². The van der Waals surface area contributed by atoms with Crippen LogP contribution in [-0.4, -0.2) is 0 Å². The molecule has 2 atom stereocenters. The Morgan fingerprint density at radius 3 is 3.10 bits per heavy atom. The highest BCUT2D eigenvalue weighted by atomic mass is 14.2. The van der Waals surface area contributed by atoms with Crippen LogP contribution in [-0.2, 0) is 0 Å². The predicted molar refractivity (Wildman–Crippen MR) is 45.9 cm³/mol. The van der Waals surface area contributed by atoms with Crippen molar-refractivity contribution in [2.75, 3.05) is 0 Å². The fourth-order valence-corrected chi connectivity index (χ4v) is 1.25. The smallest absolute Gasteiger partial charge is 0.0316 e. The van der Waals surface area contributed by atoms with Gasteiger partial charge >= 0.3 is 0 Å². The molecule has 0 spiro atoms. The normalized spacial score (nSPS) is 34.6. The number of rotatable bonds is 1. The lowest BCUT2D eigenvalue weighted by molar-refractivity contribution is 0.540. The van der Waals surface area contributed by atoms with Crippen LogP contribution in [0.1, 0.15) is 34.5 Å². The van der Waals surface area contributed by atoms with Gasteiger partial charge in [0, 0.05) is 1.37 Å². The summed E-state index contributed by atoms with van der Waals surface area (Å²) >= 11 is 0. The van der Waals surface area contributed by atoms with Crippen LogP contribution in [0.25, 0.3) is 0 Å². The molecule has 56 valence electrons. The van der Waals surface area contributed by atoms with Gasteiger partial charge < -0.3 is 0 Å². The van der Waals surface area contributed by atoms with Crippen molar-refractivity contribution in [2.24, 2.45) is 5.92 Å². The minimum absolute atomic E-state index is 0.0405. The summed E-state index contributed by atoms with van der Waals surface area (Å²) in [7, 11) is 0.